The maximum absolute atomic E-state index is 12.6. The molecule has 10 heteroatoms. The molecule has 0 unspecified atom stereocenters. The molecule has 2 saturated heterocycles. The highest BCUT2D eigenvalue weighted by atomic mass is 16.8. The van der Waals surface area contributed by atoms with Crippen LogP contribution < -0.4 is 10.6 Å². The molecule has 168 valence electrons. The second-order valence-electron chi connectivity index (χ2n) is 8.29. The van der Waals surface area contributed by atoms with Gasteiger partial charge in [-0.05, 0) is 26.3 Å². The minimum atomic E-state index is -0.824. The number of rotatable bonds is 6. The van der Waals surface area contributed by atoms with E-state index < -0.39 is 30.3 Å². The van der Waals surface area contributed by atoms with Crippen LogP contribution in [0.15, 0.2) is 43.0 Å². The van der Waals surface area contributed by atoms with E-state index in [0.717, 1.165) is 5.56 Å². The number of aromatic nitrogens is 4. The first kappa shape index (κ1) is 20.8. The molecule has 32 heavy (non-hydrogen) atoms. The van der Waals surface area contributed by atoms with Gasteiger partial charge in [-0.3, -0.25) is 9.36 Å². The van der Waals surface area contributed by atoms with Crippen molar-refractivity contribution < 1.29 is 19.0 Å². The lowest BCUT2D eigenvalue weighted by molar-refractivity contribution is -0.197. The number of hydrogen-bond donors (Lipinski definition) is 2. The van der Waals surface area contributed by atoms with Crippen LogP contribution in [0.5, 0.6) is 0 Å². The van der Waals surface area contributed by atoms with Gasteiger partial charge in [0.2, 0.25) is 0 Å². The Kier molecular flexibility index (Phi) is 5.28. The molecule has 0 aliphatic carbocycles. The zero-order chi connectivity index (χ0) is 22.3. The number of benzene rings is 1. The van der Waals surface area contributed by atoms with E-state index in [1.54, 1.807) is 10.9 Å². The molecule has 2 N–H and O–H groups in total. The van der Waals surface area contributed by atoms with E-state index in [2.05, 4.69) is 25.6 Å². The Labute approximate surface area is 185 Å². The number of likely N-dealkylation sites (N-methyl/N-ethyl adjacent to an activating group) is 1. The normalized spacial score (nSPS) is 26.2. The first-order chi connectivity index (χ1) is 15.5. The number of anilines is 1. The molecular weight excluding hydrogens is 412 g/mol. The summed E-state index contributed by atoms with van der Waals surface area (Å²) in [7, 11) is 0. The molecule has 0 saturated carbocycles. The van der Waals surface area contributed by atoms with E-state index >= 15 is 0 Å². The smallest absolute Gasteiger partial charge is 0.252 e. The topological polar surface area (TPSA) is 112 Å². The van der Waals surface area contributed by atoms with Crippen LogP contribution in [0, 0.1) is 0 Å². The lowest BCUT2D eigenvalue weighted by Crippen LogP contribution is -2.42. The number of imidazole rings is 1. The van der Waals surface area contributed by atoms with Crippen LogP contribution in [0.4, 0.5) is 5.82 Å². The zero-order valence-corrected chi connectivity index (χ0v) is 18.2. The molecule has 4 atom stereocenters. The third kappa shape index (κ3) is 3.70. The van der Waals surface area contributed by atoms with Gasteiger partial charge < -0.3 is 24.8 Å². The standard InChI is InChI=1S/C22H26N6O4/c1-4-23-20(29)16-15-17(32-22(2,3)31-15)21(30-16)28-12-27-14-18(25-11-26-19(14)28)24-10-13-8-6-5-7-9-13/h5-9,11-12,15-17,21H,4,10H2,1-3H3,(H,23,29)(H,24,25,26)/t15-,16+,17-,21-/m1/s1. The summed E-state index contributed by atoms with van der Waals surface area (Å²) < 4.78 is 20.1. The summed E-state index contributed by atoms with van der Waals surface area (Å²) in [4.78, 5) is 25.9. The van der Waals surface area contributed by atoms with E-state index in [9.17, 15) is 4.79 Å². The Balaban J connectivity index is 1.44. The number of carbonyl (C=O) groups excluding carboxylic acids is 1. The molecule has 1 aromatic carbocycles. The van der Waals surface area contributed by atoms with E-state index in [0.29, 0.717) is 30.1 Å². The molecule has 0 spiro atoms. The monoisotopic (exact) mass is 438 g/mol. The highest BCUT2D eigenvalue weighted by Gasteiger charge is 2.58. The Morgan fingerprint density at radius 2 is 1.91 bits per heavy atom. The predicted molar refractivity (Wildman–Crippen MR) is 116 cm³/mol. The fraction of sp³-hybridized carbons (Fsp3) is 0.455. The van der Waals surface area contributed by atoms with Gasteiger partial charge in [-0.25, -0.2) is 15.0 Å². The average molecular weight is 438 g/mol. The largest absolute Gasteiger partial charge is 0.364 e. The molecule has 2 fully saturated rings. The van der Waals surface area contributed by atoms with Crippen LogP contribution in [0.2, 0.25) is 0 Å². The average Bonchev–Trinajstić information content (AvgIpc) is 3.43. The highest BCUT2D eigenvalue weighted by Crippen LogP contribution is 2.43. The van der Waals surface area contributed by atoms with E-state index in [-0.39, 0.29) is 5.91 Å². The van der Waals surface area contributed by atoms with Crippen molar-refractivity contribution in [1.29, 1.82) is 0 Å². The third-order valence-corrected chi connectivity index (χ3v) is 5.57. The summed E-state index contributed by atoms with van der Waals surface area (Å²) in [6.45, 7) is 6.63. The number of carbonyl (C=O) groups is 1. The third-order valence-electron chi connectivity index (χ3n) is 5.57. The molecule has 2 aromatic heterocycles. The molecule has 0 bridgehead atoms. The predicted octanol–water partition coefficient (Wildman–Crippen LogP) is 1.99. The number of amides is 1. The minimum absolute atomic E-state index is 0.226. The molecule has 10 nitrogen and oxygen atoms in total. The van der Waals surface area contributed by atoms with Crippen molar-refractivity contribution in [1.82, 2.24) is 24.8 Å². The molecule has 2 aliphatic heterocycles. The number of nitrogens with one attached hydrogen (secondary N) is 2. The van der Waals surface area contributed by atoms with Crippen LogP contribution in [0.1, 0.15) is 32.6 Å². The maximum Gasteiger partial charge on any atom is 0.252 e. The summed E-state index contributed by atoms with van der Waals surface area (Å²) in [6.07, 6.45) is 0.710. The molecule has 4 heterocycles. The van der Waals surface area contributed by atoms with Gasteiger partial charge in [-0.2, -0.15) is 0 Å². The van der Waals surface area contributed by atoms with Crippen molar-refractivity contribution in [2.24, 2.45) is 0 Å². The molecular formula is C22H26N6O4. The lowest BCUT2D eigenvalue weighted by Gasteiger charge is -2.24. The Bertz CT molecular complexity index is 1120. The molecule has 0 radical (unpaired) electrons. The van der Waals surface area contributed by atoms with Crippen LogP contribution in [-0.4, -0.2) is 56.1 Å². The summed E-state index contributed by atoms with van der Waals surface area (Å²) in [5.41, 5.74) is 2.33. The summed E-state index contributed by atoms with van der Waals surface area (Å²) >= 11 is 0. The fourth-order valence-electron chi connectivity index (χ4n) is 4.24. The van der Waals surface area contributed by atoms with Crippen LogP contribution >= 0.6 is 0 Å². The van der Waals surface area contributed by atoms with Crippen molar-refractivity contribution in [2.75, 3.05) is 11.9 Å². The van der Waals surface area contributed by atoms with Gasteiger partial charge in [0.05, 0.1) is 6.33 Å². The zero-order valence-electron chi connectivity index (χ0n) is 18.2. The van der Waals surface area contributed by atoms with Crippen LogP contribution in [0.25, 0.3) is 11.2 Å². The maximum atomic E-state index is 12.6. The van der Waals surface area contributed by atoms with Crippen molar-refractivity contribution in [3.05, 3.63) is 48.5 Å². The quantitative estimate of drug-likeness (QED) is 0.601. The Morgan fingerprint density at radius 3 is 2.69 bits per heavy atom. The van der Waals surface area contributed by atoms with E-state index in [4.69, 9.17) is 14.2 Å². The Morgan fingerprint density at radius 1 is 1.12 bits per heavy atom. The number of hydrogen-bond acceptors (Lipinski definition) is 8. The fourth-order valence-corrected chi connectivity index (χ4v) is 4.24. The van der Waals surface area contributed by atoms with E-state index in [1.165, 1.54) is 6.33 Å². The second kappa shape index (κ2) is 8.12. The van der Waals surface area contributed by atoms with Gasteiger partial charge in [0, 0.05) is 13.1 Å². The van der Waals surface area contributed by atoms with Crippen molar-refractivity contribution in [2.45, 2.75) is 57.6 Å². The number of nitrogens with zero attached hydrogens (tertiary/aromatic N) is 4. The van der Waals surface area contributed by atoms with Crippen LogP contribution in [0.3, 0.4) is 0 Å². The summed E-state index contributed by atoms with van der Waals surface area (Å²) in [5.74, 6) is -0.428. The lowest BCUT2D eigenvalue weighted by atomic mass is 10.1. The summed E-state index contributed by atoms with van der Waals surface area (Å²) in [5, 5.41) is 6.14. The molecule has 2 aliphatic rings. The number of ether oxygens (including phenoxy) is 3. The first-order valence-electron chi connectivity index (χ1n) is 10.7. The first-order valence-corrected chi connectivity index (χ1v) is 10.7. The SMILES string of the molecule is CCNC(=O)[C@H]1O[C@@H](n2cnc3c(NCc4ccccc4)ncnc32)[C@@H]2OC(C)(C)O[C@@H]21. The van der Waals surface area contributed by atoms with Gasteiger partial charge in [0.1, 0.15) is 18.5 Å². The molecule has 1 amide bonds. The molecule has 3 aromatic rings. The number of fused-ring (bicyclic) bond motifs is 2. The van der Waals surface area contributed by atoms with Crippen LogP contribution in [-0.2, 0) is 25.5 Å². The van der Waals surface area contributed by atoms with Gasteiger partial charge in [-0.15, -0.1) is 0 Å². The van der Waals surface area contributed by atoms with Gasteiger partial charge in [0.25, 0.3) is 5.91 Å². The highest BCUT2D eigenvalue weighted by molar-refractivity contribution is 5.83. The van der Waals surface area contributed by atoms with Crippen molar-refractivity contribution in [3.8, 4) is 0 Å². The van der Waals surface area contributed by atoms with Crippen molar-refractivity contribution >= 4 is 22.9 Å². The van der Waals surface area contributed by atoms with Gasteiger partial charge >= 0.3 is 0 Å². The Hall–Kier alpha value is -3.08. The second-order valence-corrected chi connectivity index (χ2v) is 8.29. The molecule has 5 rings (SSSR count). The van der Waals surface area contributed by atoms with E-state index in [1.807, 2.05) is 51.1 Å². The van der Waals surface area contributed by atoms with Gasteiger partial charge in [-0.1, -0.05) is 30.3 Å². The van der Waals surface area contributed by atoms with Crippen molar-refractivity contribution in [3.63, 3.8) is 0 Å². The minimum Gasteiger partial charge on any atom is -0.364 e. The van der Waals surface area contributed by atoms with Gasteiger partial charge in [0.15, 0.2) is 35.1 Å². The summed E-state index contributed by atoms with van der Waals surface area (Å²) in [6, 6.07) is 10.0.